The molecule has 3 aromatic carbocycles. The van der Waals surface area contributed by atoms with E-state index in [4.69, 9.17) is 39.5 Å². The molecule has 0 bridgehead atoms. The number of amides is 1. The molecule has 0 spiro atoms. The maximum atomic E-state index is 12.8. The first kappa shape index (κ1) is 23.2. The molecule has 1 aromatic heterocycles. The second kappa shape index (κ2) is 10.3. The van der Waals surface area contributed by atoms with Crippen molar-refractivity contribution in [2.45, 2.75) is 20.1 Å². The molecule has 0 aliphatic rings. The Bertz CT molecular complexity index is 1300. The summed E-state index contributed by atoms with van der Waals surface area (Å²) in [6.07, 6.45) is 0. The number of rotatable bonds is 7. The molecule has 1 amide bonds. The standard InChI is InChI=1S/C25H20Cl3N3O2/c1-16-10-24(30-31(16)14-19-8-9-21(27)13-23(19)28)29-25(32)18-5-2-4-17(11-18)15-33-22-7-3-6-20(26)12-22/h2-13H,14-15H2,1H3,(H,29,30,32). The molecule has 4 rings (SSSR count). The van der Waals surface area contributed by atoms with Crippen LogP contribution in [0.2, 0.25) is 15.1 Å². The van der Waals surface area contributed by atoms with E-state index in [1.165, 1.54) is 0 Å². The quantitative estimate of drug-likeness (QED) is 0.296. The van der Waals surface area contributed by atoms with Crippen molar-refractivity contribution in [2.75, 3.05) is 5.32 Å². The molecule has 33 heavy (non-hydrogen) atoms. The topological polar surface area (TPSA) is 56.1 Å². The third kappa shape index (κ3) is 6.08. The van der Waals surface area contributed by atoms with Crippen LogP contribution in [0.5, 0.6) is 5.75 Å². The fourth-order valence-electron chi connectivity index (χ4n) is 3.26. The van der Waals surface area contributed by atoms with Crippen molar-refractivity contribution < 1.29 is 9.53 Å². The first-order valence-corrected chi connectivity index (χ1v) is 11.3. The van der Waals surface area contributed by atoms with Crippen LogP contribution in [0.25, 0.3) is 0 Å². The number of halogens is 3. The largest absolute Gasteiger partial charge is 0.489 e. The Kier molecular flexibility index (Phi) is 7.23. The Hall–Kier alpha value is -2.99. The van der Waals surface area contributed by atoms with Crippen molar-refractivity contribution in [3.05, 3.63) is 110 Å². The van der Waals surface area contributed by atoms with E-state index in [9.17, 15) is 4.79 Å². The first-order valence-electron chi connectivity index (χ1n) is 10.1. The van der Waals surface area contributed by atoms with E-state index in [2.05, 4.69) is 10.4 Å². The van der Waals surface area contributed by atoms with E-state index in [1.54, 1.807) is 41.1 Å². The highest BCUT2D eigenvalue weighted by atomic mass is 35.5. The molecule has 1 heterocycles. The molecule has 0 unspecified atom stereocenters. The van der Waals surface area contributed by atoms with Crippen LogP contribution in [-0.2, 0) is 13.2 Å². The zero-order valence-corrected chi connectivity index (χ0v) is 20.0. The highest BCUT2D eigenvalue weighted by Gasteiger charge is 2.12. The normalized spacial score (nSPS) is 10.8. The molecule has 5 nitrogen and oxygen atoms in total. The lowest BCUT2D eigenvalue weighted by molar-refractivity contribution is 0.102. The SMILES string of the molecule is Cc1cc(NC(=O)c2cccc(COc3cccc(Cl)c3)c2)nn1Cc1ccc(Cl)cc1Cl. The van der Waals surface area contributed by atoms with Gasteiger partial charge in [-0.1, -0.05) is 59.1 Å². The van der Waals surface area contributed by atoms with Crippen molar-refractivity contribution >= 4 is 46.5 Å². The minimum atomic E-state index is -0.256. The van der Waals surface area contributed by atoms with Crippen LogP contribution in [0.15, 0.2) is 72.8 Å². The summed E-state index contributed by atoms with van der Waals surface area (Å²) in [6.45, 7) is 2.70. The average molecular weight is 501 g/mol. The second-order valence-electron chi connectivity index (χ2n) is 7.46. The summed E-state index contributed by atoms with van der Waals surface area (Å²) in [6, 6.07) is 21.6. The van der Waals surface area contributed by atoms with E-state index in [0.29, 0.717) is 45.4 Å². The molecule has 4 aromatic rings. The van der Waals surface area contributed by atoms with Gasteiger partial charge in [-0.05, 0) is 60.5 Å². The monoisotopic (exact) mass is 499 g/mol. The van der Waals surface area contributed by atoms with Gasteiger partial charge in [-0.25, -0.2) is 0 Å². The Morgan fingerprint density at radius 2 is 1.76 bits per heavy atom. The van der Waals surface area contributed by atoms with Crippen LogP contribution in [0, 0.1) is 6.92 Å². The van der Waals surface area contributed by atoms with Crippen LogP contribution < -0.4 is 10.1 Å². The zero-order valence-electron chi connectivity index (χ0n) is 17.7. The summed E-state index contributed by atoms with van der Waals surface area (Å²) in [4.78, 5) is 12.8. The third-order valence-electron chi connectivity index (χ3n) is 4.95. The number of nitrogens with one attached hydrogen (secondary N) is 1. The molecule has 168 valence electrons. The van der Waals surface area contributed by atoms with E-state index in [0.717, 1.165) is 16.8 Å². The highest BCUT2D eigenvalue weighted by Crippen LogP contribution is 2.23. The molecular formula is C25H20Cl3N3O2. The van der Waals surface area contributed by atoms with Crippen molar-refractivity contribution in [3.63, 3.8) is 0 Å². The summed E-state index contributed by atoms with van der Waals surface area (Å²) in [7, 11) is 0. The lowest BCUT2D eigenvalue weighted by Crippen LogP contribution is -2.13. The Morgan fingerprint density at radius 3 is 2.55 bits per heavy atom. The van der Waals surface area contributed by atoms with Gasteiger partial charge in [0.05, 0.1) is 6.54 Å². The summed E-state index contributed by atoms with van der Waals surface area (Å²) in [5.74, 6) is 0.871. The van der Waals surface area contributed by atoms with Crippen molar-refractivity contribution in [1.29, 1.82) is 0 Å². The number of hydrogen-bond donors (Lipinski definition) is 1. The molecule has 0 atom stereocenters. The highest BCUT2D eigenvalue weighted by molar-refractivity contribution is 6.35. The number of nitrogens with zero attached hydrogens (tertiary/aromatic N) is 2. The Morgan fingerprint density at radius 1 is 0.970 bits per heavy atom. The number of aromatic nitrogens is 2. The first-order chi connectivity index (χ1) is 15.9. The van der Waals surface area contributed by atoms with Gasteiger partial charge in [0.2, 0.25) is 0 Å². The fraction of sp³-hybridized carbons (Fsp3) is 0.120. The minimum absolute atomic E-state index is 0.256. The molecule has 0 saturated heterocycles. The predicted octanol–water partition coefficient (Wildman–Crippen LogP) is 7.03. The number of ether oxygens (including phenoxy) is 1. The zero-order chi connectivity index (χ0) is 23.4. The van der Waals surface area contributed by atoms with E-state index >= 15 is 0 Å². The van der Waals surface area contributed by atoms with Crippen molar-refractivity contribution in [2.24, 2.45) is 0 Å². The average Bonchev–Trinajstić information content (AvgIpc) is 3.13. The minimum Gasteiger partial charge on any atom is -0.489 e. The van der Waals surface area contributed by atoms with Crippen LogP contribution in [0.1, 0.15) is 27.2 Å². The fourth-order valence-corrected chi connectivity index (χ4v) is 3.91. The Labute approximate surface area is 206 Å². The van der Waals surface area contributed by atoms with E-state index < -0.39 is 0 Å². The van der Waals surface area contributed by atoms with E-state index in [1.807, 2.05) is 43.3 Å². The lowest BCUT2D eigenvalue weighted by Gasteiger charge is -2.08. The third-order valence-corrected chi connectivity index (χ3v) is 5.77. The van der Waals surface area contributed by atoms with Crippen LogP contribution in [-0.4, -0.2) is 15.7 Å². The number of aryl methyl sites for hydroxylation is 1. The van der Waals surface area contributed by atoms with Crippen LogP contribution >= 0.6 is 34.8 Å². The van der Waals surface area contributed by atoms with Gasteiger partial charge in [-0.2, -0.15) is 5.10 Å². The van der Waals surface area contributed by atoms with Gasteiger partial charge >= 0.3 is 0 Å². The molecule has 1 N–H and O–H groups in total. The maximum absolute atomic E-state index is 12.8. The second-order valence-corrected chi connectivity index (χ2v) is 8.74. The molecule has 0 radical (unpaired) electrons. The van der Waals surface area contributed by atoms with Gasteiger partial charge in [0.15, 0.2) is 5.82 Å². The van der Waals surface area contributed by atoms with E-state index in [-0.39, 0.29) is 5.91 Å². The van der Waals surface area contributed by atoms with Gasteiger partial charge < -0.3 is 10.1 Å². The molecule has 8 heteroatoms. The van der Waals surface area contributed by atoms with Crippen LogP contribution in [0.4, 0.5) is 5.82 Å². The summed E-state index contributed by atoms with van der Waals surface area (Å²) < 4.78 is 7.55. The molecule has 0 aliphatic carbocycles. The van der Waals surface area contributed by atoms with Crippen molar-refractivity contribution in [3.8, 4) is 5.75 Å². The molecule has 0 saturated carbocycles. The predicted molar refractivity (Wildman–Crippen MR) is 133 cm³/mol. The number of benzene rings is 3. The van der Waals surface area contributed by atoms with Gasteiger partial charge in [-0.15, -0.1) is 0 Å². The van der Waals surface area contributed by atoms with Crippen LogP contribution in [0.3, 0.4) is 0 Å². The smallest absolute Gasteiger partial charge is 0.256 e. The Balaban J connectivity index is 1.42. The summed E-state index contributed by atoms with van der Waals surface area (Å²) in [5, 5.41) is 9.10. The number of carbonyl (C=O) groups is 1. The maximum Gasteiger partial charge on any atom is 0.256 e. The van der Waals surface area contributed by atoms with Gasteiger partial charge in [-0.3, -0.25) is 9.48 Å². The number of anilines is 1. The van der Waals surface area contributed by atoms with Gasteiger partial charge in [0.1, 0.15) is 12.4 Å². The van der Waals surface area contributed by atoms with Gasteiger partial charge in [0, 0.05) is 32.4 Å². The molecular weight excluding hydrogens is 481 g/mol. The summed E-state index contributed by atoms with van der Waals surface area (Å²) in [5.41, 5.74) is 3.15. The molecule has 0 fully saturated rings. The summed E-state index contributed by atoms with van der Waals surface area (Å²) >= 11 is 18.2. The lowest BCUT2D eigenvalue weighted by atomic mass is 10.1. The molecule has 0 aliphatic heterocycles. The number of hydrogen-bond acceptors (Lipinski definition) is 3. The van der Waals surface area contributed by atoms with Crippen molar-refractivity contribution in [1.82, 2.24) is 9.78 Å². The number of carbonyl (C=O) groups excluding carboxylic acids is 1. The van der Waals surface area contributed by atoms with Gasteiger partial charge in [0.25, 0.3) is 5.91 Å².